The largest absolute Gasteiger partial charge is 0.339 e. The lowest BCUT2D eigenvalue weighted by Crippen LogP contribution is -2.55. The molecule has 1 rings (SSSR count). The van der Waals surface area contributed by atoms with E-state index in [4.69, 9.17) is 5.84 Å². The fraction of sp³-hybridized carbons (Fsp3) is 0.909. The van der Waals surface area contributed by atoms with Crippen LogP contribution in [0, 0.1) is 0 Å². The molecule has 0 radical (unpaired) electrons. The van der Waals surface area contributed by atoms with Crippen molar-refractivity contribution in [2.45, 2.75) is 39.8 Å². The van der Waals surface area contributed by atoms with E-state index in [1.54, 1.807) is 0 Å². The number of rotatable bonds is 2. The first-order valence-electron chi connectivity index (χ1n) is 6.08. The molecule has 16 heavy (non-hydrogen) atoms. The van der Waals surface area contributed by atoms with E-state index < -0.39 is 0 Å². The SMILES string of the molecule is CC(C)N=C(NN)N1CCN(C(C)C)CC1. The zero-order valence-corrected chi connectivity index (χ0v) is 10.9. The van der Waals surface area contributed by atoms with Crippen LogP contribution >= 0.6 is 0 Å². The van der Waals surface area contributed by atoms with Gasteiger partial charge in [0.2, 0.25) is 5.96 Å². The predicted octanol–water partition coefficient (Wildman–Crippen LogP) is 0.240. The highest BCUT2D eigenvalue weighted by Crippen LogP contribution is 2.06. The van der Waals surface area contributed by atoms with Crippen molar-refractivity contribution in [3.8, 4) is 0 Å². The average molecular weight is 227 g/mol. The van der Waals surface area contributed by atoms with Crippen LogP contribution in [-0.2, 0) is 0 Å². The van der Waals surface area contributed by atoms with E-state index in [0.717, 1.165) is 32.1 Å². The number of hydrogen-bond donors (Lipinski definition) is 2. The van der Waals surface area contributed by atoms with Crippen molar-refractivity contribution in [2.24, 2.45) is 10.8 Å². The lowest BCUT2D eigenvalue weighted by atomic mass is 10.2. The minimum Gasteiger partial charge on any atom is -0.339 e. The van der Waals surface area contributed by atoms with Gasteiger partial charge in [-0.2, -0.15) is 0 Å². The van der Waals surface area contributed by atoms with E-state index in [-0.39, 0.29) is 6.04 Å². The Balaban J connectivity index is 2.51. The minimum absolute atomic E-state index is 0.272. The third-order valence-corrected chi connectivity index (χ3v) is 2.85. The summed E-state index contributed by atoms with van der Waals surface area (Å²) in [6.07, 6.45) is 0. The van der Waals surface area contributed by atoms with Crippen LogP contribution in [0.2, 0.25) is 0 Å². The van der Waals surface area contributed by atoms with Gasteiger partial charge < -0.3 is 4.90 Å². The highest BCUT2D eigenvalue weighted by atomic mass is 15.4. The summed E-state index contributed by atoms with van der Waals surface area (Å²) < 4.78 is 0. The summed E-state index contributed by atoms with van der Waals surface area (Å²) >= 11 is 0. The number of nitrogens with two attached hydrogens (primary N) is 1. The number of piperazine rings is 1. The standard InChI is InChI=1S/C11H25N5/c1-9(2)13-11(14-12)16-7-5-15(6-8-16)10(3)4/h9-10H,5-8,12H2,1-4H3,(H,13,14). The summed E-state index contributed by atoms with van der Waals surface area (Å²) in [6, 6.07) is 0.896. The summed E-state index contributed by atoms with van der Waals surface area (Å²) in [5.74, 6) is 6.33. The number of hydrogen-bond acceptors (Lipinski definition) is 3. The van der Waals surface area contributed by atoms with Gasteiger partial charge in [-0.25, -0.2) is 10.8 Å². The van der Waals surface area contributed by atoms with E-state index in [2.05, 4.69) is 47.9 Å². The molecule has 0 aromatic heterocycles. The van der Waals surface area contributed by atoms with Crippen LogP contribution in [0.4, 0.5) is 0 Å². The molecular formula is C11H25N5. The molecule has 0 atom stereocenters. The monoisotopic (exact) mass is 227 g/mol. The quantitative estimate of drug-likeness (QED) is 0.307. The predicted molar refractivity (Wildman–Crippen MR) is 68.2 cm³/mol. The molecule has 1 heterocycles. The van der Waals surface area contributed by atoms with Crippen LogP contribution in [0.3, 0.4) is 0 Å². The molecule has 1 aliphatic rings. The molecule has 0 unspecified atom stereocenters. The van der Waals surface area contributed by atoms with Crippen molar-refractivity contribution >= 4 is 5.96 Å². The normalized spacial score (nSPS) is 19.7. The smallest absolute Gasteiger partial charge is 0.208 e. The molecule has 0 saturated carbocycles. The first-order valence-corrected chi connectivity index (χ1v) is 6.08. The molecule has 0 spiro atoms. The topological polar surface area (TPSA) is 56.9 Å². The van der Waals surface area contributed by atoms with E-state index in [9.17, 15) is 0 Å². The Bertz CT molecular complexity index is 229. The van der Waals surface area contributed by atoms with Crippen molar-refractivity contribution in [1.82, 2.24) is 15.2 Å². The van der Waals surface area contributed by atoms with Gasteiger partial charge in [0, 0.05) is 38.3 Å². The molecule has 0 amide bonds. The molecule has 1 aliphatic heterocycles. The second kappa shape index (κ2) is 6.06. The molecule has 1 fully saturated rings. The van der Waals surface area contributed by atoms with Crippen LogP contribution < -0.4 is 11.3 Å². The highest BCUT2D eigenvalue weighted by molar-refractivity contribution is 5.79. The number of nitrogens with zero attached hydrogens (tertiary/aromatic N) is 3. The third-order valence-electron chi connectivity index (χ3n) is 2.85. The van der Waals surface area contributed by atoms with Crippen molar-refractivity contribution in [2.75, 3.05) is 26.2 Å². The summed E-state index contributed by atoms with van der Waals surface area (Å²) in [5.41, 5.74) is 2.70. The van der Waals surface area contributed by atoms with Crippen LogP contribution in [0.15, 0.2) is 4.99 Å². The van der Waals surface area contributed by atoms with Gasteiger partial charge in [0.15, 0.2) is 0 Å². The van der Waals surface area contributed by atoms with Gasteiger partial charge in [-0.3, -0.25) is 10.3 Å². The molecule has 0 bridgehead atoms. The second-order valence-corrected chi connectivity index (χ2v) is 4.81. The maximum atomic E-state index is 5.51. The van der Waals surface area contributed by atoms with Gasteiger partial charge in [0.25, 0.3) is 0 Å². The summed E-state index contributed by atoms with van der Waals surface area (Å²) in [4.78, 5) is 9.17. The molecule has 1 saturated heterocycles. The molecule has 5 heteroatoms. The second-order valence-electron chi connectivity index (χ2n) is 4.81. The zero-order valence-electron chi connectivity index (χ0n) is 10.9. The van der Waals surface area contributed by atoms with Crippen molar-refractivity contribution < 1.29 is 0 Å². The summed E-state index contributed by atoms with van der Waals surface area (Å²) in [5, 5.41) is 0. The third kappa shape index (κ3) is 3.64. The van der Waals surface area contributed by atoms with Gasteiger partial charge in [0.1, 0.15) is 0 Å². The summed E-state index contributed by atoms with van der Waals surface area (Å²) in [6.45, 7) is 12.7. The number of aliphatic imine (C=N–C) groups is 1. The lowest BCUT2D eigenvalue weighted by Gasteiger charge is -2.38. The van der Waals surface area contributed by atoms with Gasteiger partial charge in [-0.1, -0.05) is 0 Å². The number of hydrazine groups is 1. The van der Waals surface area contributed by atoms with Crippen molar-refractivity contribution in [3.63, 3.8) is 0 Å². The molecule has 94 valence electrons. The summed E-state index contributed by atoms with van der Waals surface area (Å²) in [7, 11) is 0. The van der Waals surface area contributed by atoms with Crippen molar-refractivity contribution in [1.29, 1.82) is 0 Å². The maximum Gasteiger partial charge on any atom is 0.208 e. The molecule has 0 aromatic rings. The first kappa shape index (κ1) is 13.3. The van der Waals surface area contributed by atoms with Crippen LogP contribution in [0.5, 0.6) is 0 Å². The van der Waals surface area contributed by atoms with E-state index >= 15 is 0 Å². The molecule has 3 N–H and O–H groups in total. The maximum absolute atomic E-state index is 5.51. The number of guanidine groups is 1. The number of nitrogens with one attached hydrogen (secondary N) is 1. The Labute approximate surface area is 98.7 Å². The Kier molecular flexibility index (Phi) is 5.02. The molecule has 0 aromatic carbocycles. The Morgan fingerprint density at radius 2 is 1.69 bits per heavy atom. The fourth-order valence-electron chi connectivity index (χ4n) is 1.90. The molecular weight excluding hydrogens is 202 g/mol. The molecule has 0 aliphatic carbocycles. The van der Waals surface area contributed by atoms with E-state index in [1.165, 1.54) is 0 Å². The Morgan fingerprint density at radius 1 is 1.12 bits per heavy atom. The van der Waals surface area contributed by atoms with E-state index in [1.807, 2.05) is 0 Å². The van der Waals surface area contributed by atoms with Gasteiger partial charge in [-0.05, 0) is 27.7 Å². The highest BCUT2D eigenvalue weighted by Gasteiger charge is 2.20. The van der Waals surface area contributed by atoms with Crippen molar-refractivity contribution in [3.05, 3.63) is 0 Å². The van der Waals surface area contributed by atoms with Crippen LogP contribution in [0.1, 0.15) is 27.7 Å². The van der Waals surface area contributed by atoms with Gasteiger partial charge in [-0.15, -0.1) is 0 Å². The molecule has 5 nitrogen and oxygen atoms in total. The zero-order chi connectivity index (χ0) is 12.1. The van der Waals surface area contributed by atoms with Gasteiger partial charge >= 0.3 is 0 Å². The van der Waals surface area contributed by atoms with Crippen LogP contribution in [-0.4, -0.2) is 54.0 Å². The first-order chi connectivity index (χ1) is 7.54. The van der Waals surface area contributed by atoms with Crippen LogP contribution in [0.25, 0.3) is 0 Å². The van der Waals surface area contributed by atoms with Gasteiger partial charge in [0.05, 0.1) is 0 Å². The Morgan fingerprint density at radius 3 is 2.06 bits per heavy atom. The lowest BCUT2D eigenvalue weighted by molar-refractivity contribution is 0.146. The minimum atomic E-state index is 0.272. The Hall–Kier alpha value is -0.810. The average Bonchev–Trinajstić information content (AvgIpc) is 2.25. The fourth-order valence-corrected chi connectivity index (χ4v) is 1.90. The van der Waals surface area contributed by atoms with E-state index in [0.29, 0.717) is 6.04 Å².